The number of halogens is 2. The summed E-state index contributed by atoms with van der Waals surface area (Å²) in [6, 6.07) is 16.4. The molecule has 1 amide bonds. The summed E-state index contributed by atoms with van der Waals surface area (Å²) in [6.07, 6.45) is 2.97. The highest BCUT2D eigenvalue weighted by atomic mass is 19.2. The van der Waals surface area contributed by atoms with Crippen molar-refractivity contribution in [1.82, 2.24) is 0 Å². The molecule has 3 aromatic rings. The van der Waals surface area contributed by atoms with Crippen LogP contribution < -0.4 is 14.4 Å². The van der Waals surface area contributed by atoms with E-state index in [-0.39, 0.29) is 0 Å². The Kier molecular flexibility index (Phi) is 5.98. The molecule has 3 aromatic carbocycles. The normalized spacial score (nSPS) is 14.1. The van der Waals surface area contributed by atoms with Crippen molar-refractivity contribution in [2.75, 3.05) is 19.1 Å². The number of methoxy groups -OCH3 is 2. The summed E-state index contributed by atoms with van der Waals surface area (Å²) < 4.78 is 37.7. The molecule has 1 aliphatic heterocycles. The fourth-order valence-electron chi connectivity index (χ4n) is 3.52. The van der Waals surface area contributed by atoms with Crippen LogP contribution in [0.5, 0.6) is 11.5 Å². The lowest BCUT2D eigenvalue weighted by Crippen LogP contribution is -2.25. The van der Waals surface area contributed by atoms with Gasteiger partial charge in [0.25, 0.3) is 5.91 Å². The number of ether oxygens (including phenoxy) is 2. The van der Waals surface area contributed by atoms with E-state index in [0.717, 1.165) is 28.8 Å². The molecule has 0 fully saturated rings. The molecule has 0 spiro atoms. The van der Waals surface area contributed by atoms with Crippen molar-refractivity contribution in [2.24, 2.45) is 4.99 Å². The van der Waals surface area contributed by atoms with Crippen molar-refractivity contribution in [3.8, 4) is 11.5 Å². The molecule has 4 rings (SSSR count). The number of carbonyl (C=O) groups is 1. The Morgan fingerprint density at radius 2 is 1.75 bits per heavy atom. The summed E-state index contributed by atoms with van der Waals surface area (Å²) in [6.45, 7) is 0.396. The van der Waals surface area contributed by atoms with Gasteiger partial charge in [0.2, 0.25) is 0 Å². The third-order valence-corrected chi connectivity index (χ3v) is 5.10. The zero-order valence-corrected chi connectivity index (χ0v) is 17.5. The Balaban J connectivity index is 1.65. The van der Waals surface area contributed by atoms with Crippen LogP contribution in [-0.2, 0) is 11.3 Å². The summed E-state index contributed by atoms with van der Waals surface area (Å²) in [5, 5.41) is 0. The van der Waals surface area contributed by atoms with Gasteiger partial charge in [0.1, 0.15) is 5.84 Å². The molecule has 0 saturated carbocycles. The van der Waals surface area contributed by atoms with Crippen LogP contribution in [0, 0.1) is 11.6 Å². The molecule has 0 saturated heterocycles. The lowest BCUT2D eigenvalue weighted by Gasteiger charge is -2.19. The van der Waals surface area contributed by atoms with Gasteiger partial charge in [0, 0.05) is 23.4 Å². The first-order chi connectivity index (χ1) is 15.5. The number of rotatable bonds is 5. The molecular formula is C25H20F2N2O3. The van der Waals surface area contributed by atoms with Crippen molar-refractivity contribution in [1.29, 1.82) is 0 Å². The molecule has 0 bridgehead atoms. The van der Waals surface area contributed by atoms with Crippen LogP contribution in [0.4, 0.5) is 14.5 Å². The fraction of sp³-hybridized carbons (Fsp3) is 0.120. The van der Waals surface area contributed by atoms with Crippen LogP contribution in [-0.4, -0.2) is 26.0 Å². The maximum atomic E-state index is 13.8. The molecular weight excluding hydrogens is 414 g/mol. The molecule has 0 aromatic heterocycles. The Labute approximate surface area is 184 Å². The topological polar surface area (TPSA) is 51.1 Å². The van der Waals surface area contributed by atoms with Crippen LogP contribution in [0.3, 0.4) is 0 Å². The van der Waals surface area contributed by atoms with Crippen molar-refractivity contribution in [3.63, 3.8) is 0 Å². The molecule has 0 unspecified atom stereocenters. The van der Waals surface area contributed by atoms with Crippen LogP contribution in [0.1, 0.15) is 16.7 Å². The third kappa shape index (κ3) is 4.23. The first-order valence-corrected chi connectivity index (χ1v) is 9.84. The number of carbonyl (C=O) groups excluding carboxylic acids is 1. The van der Waals surface area contributed by atoms with E-state index in [4.69, 9.17) is 9.47 Å². The van der Waals surface area contributed by atoms with Gasteiger partial charge in [-0.1, -0.05) is 30.3 Å². The zero-order valence-electron chi connectivity index (χ0n) is 17.5. The molecule has 0 N–H and O–H groups in total. The molecule has 5 nitrogen and oxygen atoms in total. The smallest absolute Gasteiger partial charge is 0.271 e. The fourth-order valence-corrected chi connectivity index (χ4v) is 3.52. The number of fused-ring (bicyclic) bond motifs is 1. The summed E-state index contributed by atoms with van der Waals surface area (Å²) in [4.78, 5) is 18.6. The summed E-state index contributed by atoms with van der Waals surface area (Å²) in [7, 11) is 3.08. The van der Waals surface area contributed by atoms with Crippen molar-refractivity contribution in [2.45, 2.75) is 6.54 Å². The van der Waals surface area contributed by atoms with Crippen LogP contribution in [0.25, 0.3) is 6.08 Å². The van der Waals surface area contributed by atoms with Crippen LogP contribution in [0.2, 0.25) is 0 Å². The minimum atomic E-state index is -0.961. The van der Waals surface area contributed by atoms with Gasteiger partial charge in [-0.05, 0) is 41.5 Å². The number of hydrogen-bond acceptors (Lipinski definition) is 3. The average Bonchev–Trinajstić information content (AvgIpc) is 3.17. The predicted octanol–water partition coefficient (Wildman–Crippen LogP) is 4.99. The number of aliphatic imine (C=N–C) groups is 1. The van der Waals surface area contributed by atoms with Crippen LogP contribution in [0.15, 0.2) is 71.7 Å². The van der Waals surface area contributed by atoms with Gasteiger partial charge >= 0.3 is 0 Å². The van der Waals surface area contributed by atoms with Crippen molar-refractivity contribution < 1.29 is 23.0 Å². The van der Waals surface area contributed by atoms with Gasteiger partial charge in [-0.2, -0.15) is 4.99 Å². The minimum absolute atomic E-state index is 0.383. The Morgan fingerprint density at radius 1 is 0.969 bits per heavy atom. The molecule has 7 heteroatoms. The lowest BCUT2D eigenvalue weighted by molar-refractivity contribution is -0.113. The molecule has 0 aliphatic carbocycles. The molecule has 162 valence electrons. The second-order valence-electron chi connectivity index (χ2n) is 7.06. The molecule has 0 radical (unpaired) electrons. The van der Waals surface area contributed by atoms with Crippen molar-refractivity contribution in [3.05, 3.63) is 95.1 Å². The van der Waals surface area contributed by atoms with E-state index in [1.807, 2.05) is 24.3 Å². The number of amidine groups is 1. The maximum Gasteiger partial charge on any atom is 0.271 e. The summed E-state index contributed by atoms with van der Waals surface area (Å²) in [5.41, 5.74) is 2.86. The molecule has 1 aliphatic rings. The quantitative estimate of drug-likeness (QED) is 0.531. The monoisotopic (exact) mass is 434 g/mol. The van der Waals surface area contributed by atoms with Gasteiger partial charge in [-0.3, -0.25) is 4.79 Å². The van der Waals surface area contributed by atoms with Gasteiger partial charge in [-0.15, -0.1) is 0 Å². The standard InChI is InChI=1S/C25H20F2N2O3/c1-31-22-11-7-16(13-23(22)32-2)8-12-24(30)28-25-19-6-4-3-5-17(19)15-29(25)18-9-10-20(26)21(27)14-18/h3-14H,15H2,1-2H3. The van der Waals surface area contributed by atoms with Crippen molar-refractivity contribution >= 4 is 23.5 Å². The number of benzene rings is 3. The van der Waals surface area contributed by atoms with E-state index in [1.54, 1.807) is 36.3 Å². The largest absolute Gasteiger partial charge is 0.493 e. The maximum absolute atomic E-state index is 13.8. The van der Waals surface area contributed by atoms with E-state index in [9.17, 15) is 13.6 Å². The van der Waals surface area contributed by atoms with E-state index in [2.05, 4.69) is 4.99 Å². The van der Waals surface area contributed by atoms with E-state index in [1.165, 1.54) is 19.3 Å². The molecule has 0 atom stereocenters. The first kappa shape index (κ1) is 21.2. The Morgan fingerprint density at radius 3 is 2.50 bits per heavy atom. The zero-order chi connectivity index (χ0) is 22.7. The number of hydrogen-bond donors (Lipinski definition) is 0. The Bertz CT molecular complexity index is 1240. The van der Waals surface area contributed by atoms with E-state index < -0.39 is 17.5 Å². The molecule has 1 heterocycles. The number of nitrogens with zero attached hydrogens (tertiary/aromatic N) is 2. The number of amides is 1. The summed E-state index contributed by atoms with van der Waals surface area (Å²) in [5.74, 6) is -0.869. The predicted molar refractivity (Wildman–Crippen MR) is 119 cm³/mol. The highest BCUT2D eigenvalue weighted by Gasteiger charge is 2.27. The van der Waals surface area contributed by atoms with E-state index in [0.29, 0.717) is 29.6 Å². The van der Waals surface area contributed by atoms with Gasteiger partial charge in [0.15, 0.2) is 23.1 Å². The van der Waals surface area contributed by atoms with Gasteiger partial charge in [0.05, 0.1) is 20.8 Å². The third-order valence-electron chi connectivity index (χ3n) is 5.10. The Hall–Kier alpha value is -4.00. The second kappa shape index (κ2) is 9.01. The van der Waals surface area contributed by atoms with Gasteiger partial charge < -0.3 is 14.4 Å². The SMILES string of the molecule is COc1ccc(C=CC(=O)N=C2c3ccccc3CN2c2ccc(F)c(F)c2)cc1OC. The molecule has 32 heavy (non-hydrogen) atoms. The minimum Gasteiger partial charge on any atom is -0.493 e. The second-order valence-corrected chi connectivity index (χ2v) is 7.06. The first-order valence-electron chi connectivity index (χ1n) is 9.84. The summed E-state index contributed by atoms with van der Waals surface area (Å²) >= 11 is 0. The lowest BCUT2D eigenvalue weighted by atomic mass is 10.1. The highest BCUT2D eigenvalue weighted by Crippen LogP contribution is 2.30. The average molecular weight is 434 g/mol. The number of anilines is 1. The van der Waals surface area contributed by atoms with E-state index >= 15 is 0 Å². The van der Waals surface area contributed by atoms with Crippen LogP contribution >= 0.6 is 0 Å². The van der Waals surface area contributed by atoms with Gasteiger partial charge in [-0.25, -0.2) is 8.78 Å². The highest BCUT2D eigenvalue weighted by molar-refractivity contribution is 6.18.